The second-order valence-corrected chi connectivity index (χ2v) is 19.8. The quantitative estimate of drug-likeness (QED) is 0.180. The van der Waals surface area contributed by atoms with Gasteiger partial charge in [-0.05, 0) is 107 Å². The third kappa shape index (κ3) is 14.5. The van der Waals surface area contributed by atoms with Gasteiger partial charge in [0.25, 0.3) is 5.91 Å². The molecule has 16 atom stereocenters. The van der Waals surface area contributed by atoms with E-state index in [-0.39, 0.29) is 60.9 Å². The maximum atomic E-state index is 14.4. The molecular formula is C51H81NO13. The van der Waals surface area contributed by atoms with Gasteiger partial charge in [0, 0.05) is 58.5 Å². The fourth-order valence-corrected chi connectivity index (χ4v) is 10.3. The van der Waals surface area contributed by atoms with E-state index in [9.17, 15) is 39.6 Å². The summed E-state index contributed by atoms with van der Waals surface area (Å²) in [7, 11) is 4.55. The molecule has 65 heavy (non-hydrogen) atoms. The molecule has 0 aromatic carbocycles. The molecule has 3 heterocycles. The molecule has 0 radical (unpaired) electrons. The number of carbonyl (C=O) groups is 4. The Morgan fingerprint density at radius 1 is 0.846 bits per heavy atom. The van der Waals surface area contributed by atoms with Gasteiger partial charge in [-0.25, -0.2) is 4.79 Å². The van der Waals surface area contributed by atoms with Gasteiger partial charge in [-0.15, -0.1) is 0 Å². The van der Waals surface area contributed by atoms with E-state index in [1.54, 1.807) is 41.1 Å². The second kappa shape index (κ2) is 25.3. The minimum absolute atomic E-state index is 0.0264. The number of hydrogen-bond donors (Lipinski definition) is 4. The Labute approximate surface area is 387 Å². The molecule has 4 aliphatic rings. The number of ether oxygens (including phenoxy) is 5. The smallest absolute Gasteiger partial charge is 0.329 e. The molecule has 1 saturated carbocycles. The van der Waals surface area contributed by atoms with Gasteiger partial charge in [0.1, 0.15) is 30.1 Å². The number of amides is 1. The van der Waals surface area contributed by atoms with E-state index in [0.717, 1.165) is 12.0 Å². The van der Waals surface area contributed by atoms with Crippen LogP contribution in [0.3, 0.4) is 0 Å². The van der Waals surface area contributed by atoms with E-state index in [2.05, 4.69) is 0 Å². The number of carbonyl (C=O) groups excluding carboxylic acids is 4. The number of Topliss-reactive ketones (excluding diaryl/α,β-unsaturated/α-hetero) is 2. The van der Waals surface area contributed by atoms with Crippen molar-refractivity contribution in [1.82, 2.24) is 4.90 Å². The highest BCUT2D eigenvalue weighted by Gasteiger charge is 2.53. The number of methoxy groups -OCH3 is 3. The molecule has 0 aromatic heterocycles. The van der Waals surface area contributed by atoms with E-state index in [1.807, 2.05) is 58.1 Å². The number of ketones is 2. The van der Waals surface area contributed by atoms with Crippen LogP contribution in [0.15, 0.2) is 47.6 Å². The summed E-state index contributed by atoms with van der Waals surface area (Å²) in [5, 5.41) is 45.7. The third-order valence-electron chi connectivity index (χ3n) is 14.7. The molecule has 0 spiro atoms. The summed E-state index contributed by atoms with van der Waals surface area (Å²) in [6.07, 6.45) is 9.72. The number of hydrogen-bond acceptors (Lipinski definition) is 13. The number of aliphatic hydroxyl groups excluding tert-OH is 3. The maximum Gasteiger partial charge on any atom is 0.329 e. The lowest BCUT2D eigenvalue weighted by atomic mass is 9.78. The molecule has 3 fully saturated rings. The first kappa shape index (κ1) is 54.5. The molecule has 14 heteroatoms. The van der Waals surface area contributed by atoms with Gasteiger partial charge < -0.3 is 49.0 Å². The first-order valence-electron chi connectivity index (χ1n) is 24.1. The predicted octanol–water partition coefficient (Wildman–Crippen LogP) is 5.97. The molecule has 4 rings (SSSR count). The second-order valence-electron chi connectivity index (χ2n) is 19.8. The summed E-state index contributed by atoms with van der Waals surface area (Å²) in [5.41, 5.74) is 1.30. The monoisotopic (exact) mass is 916 g/mol. The van der Waals surface area contributed by atoms with Crippen molar-refractivity contribution in [3.8, 4) is 0 Å². The number of esters is 1. The minimum atomic E-state index is -2.23. The summed E-state index contributed by atoms with van der Waals surface area (Å²) < 4.78 is 29.5. The van der Waals surface area contributed by atoms with Crippen molar-refractivity contribution in [2.75, 3.05) is 27.9 Å². The molecule has 0 aromatic rings. The van der Waals surface area contributed by atoms with Crippen LogP contribution >= 0.6 is 0 Å². The molecule has 2 saturated heterocycles. The van der Waals surface area contributed by atoms with Crippen molar-refractivity contribution in [1.29, 1.82) is 0 Å². The molecular weight excluding hydrogens is 835 g/mol. The number of aliphatic hydroxyl groups is 4. The van der Waals surface area contributed by atoms with Gasteiger partial charge in [0.05, 0.1) is 24.4 Å². The zero-order valence-electron chi connectivity index (χ0n) is 40.7. The number of piperidine rings is 1. The highest BCUT2D eigenvalue weighted by atomic mass is 16.6. The van der Waals surface area contributed by atoms with Crippen molar-refractivity contribution in [3.63, 3.8) is 0 Å². The molecule has 2 bridgehead atoms. The topological polar surface area (TPSA) is 199 Å². The maximum absolute atomic E-state index is 14.4. The zero-order valence-corrected chi connectivity index (χ0v) is 40.7. The molecule has 4 N–H and O–H groups in total. The van der Waals surface area contributed by atoms with Gasteiger partial charge in [-0.3, -0.25) is 14.4 Å². The van der Waals surface area contributed by atoms with Crippen LogP contribution in [0.25, 0.3) is 0 Å². The Hall–Kier alpha value is -3.08. The van der Waals surface area contributed by atoms with Crippen molar-refractivity contribution >= 4 is 23.4 Å². The van der Waals surface area contributed by atoms with Crippen LogP contribution in [0, 0.1) is 35.5 Å². The molecule has 3 aliphatic heterocycles. The molecule has 1 unspecified atom stereocenters. The van der Waals surface area contributed by atoms with Gasteiger partial charge >= 0.3 is 5.97 Å². The number of allylic oxidation sites excluding steroid dienone is 6. The lowest BCUT2D eigenvalue weighted by molar-refractivity contribution is -0.317. The Morgan fingerprint density at radius 2 is 1.57 bits per heavy atom. The van der Waals surface area contributed by atoms with E-state index in [1.165, 1.54) is 12.0 Å². The largest absolute Gasteiger partial charge is 0.460 e. The van der Waals surface area contributed by atoms with Gasteiger partial charge in [0.2, 0.25) is 5.79 Å². The summed E-state index contributed by atoms with van der Waals surface area (Å²) in [5.74, 6) is -6.22. The van der Waals surface area contributed by atoms with Gasteiger partial charge in [-0.2, -0.15) is 0 Å². The van der Waals surface area contributed by atoms with Crippen molar-refractivity contribution in [2.24, 2.45) is 35.5 Å². The Morgan fingerprint density at radius 3 is 2.25 bits per heavy atom. The molecule has 1 amide bonds. The number of fused-ring (bicyclic) bond motifs is 3. The lowest BCUT2D eigenvalue weighted by Crippen LogP contribution is -2.63. The highest BCUT2D eigenvalue weighted by Crippen LogP contribution is 2.39. The Bertz CT molecular complexity index is 1710. The van der Waals surface area contributed by atoms with Crippen molar-refractivity contribution in [3.05, 3.63) is 47.6 Å². The summed E-state index contributed by atoms with van der Waals surface area (Å²) in [4.78, 5) is 57.8. The number of rotatable bonds is 6. The fourth-order valence-electron chi connectivity index (χ4n) is 10.3. The standard InChI is InChI=1S/C51H81NO13/c1-30-16-12-11-13-17-31(2)42(61-8)28-38-21-19-36(7)51(60,65-38)48(57)49(58)52-23-15-14-18-39(52)50(59)64-43(33(4)26-37-20-22-40(53)44(27-37)62-9)29-41(54)32(3)25-35(6)46(56)47(63-10)45(55)34(5)24-30/h11-13,16-17,25,30,32-34,36-40,42-44,46-48,53,56-57,60H,14-15,18-24,26-29H2,1-10H3/b13-11?,16-12+,31-17?,35-25+/t30-,32-,33-,34-,36-,37+,38+,39+,40-,42+,43+,44-,46-,47+,48?,51-/m1/s1. The van der Waals surface area contributed by atoms with Gasteiger partial charge in [0.15, 0.2) is 11.9 Å². The van der Waals surface area contributed by atoms with Crippen LogP contribution in [0.1, 0.15) is 126 Å². The number of nitrogens with zero attached hydrogens (tertiary/aromatic N) is 1. The molecule has 1 aliphatic carbocycles. The van der Waals surface area contributed by atoms with E-state index in [0.29, 0.717) is 63.4 Å². The van der Waals surface area contributed by atoms with Crippen molar-refractivity contribution < 1.29 is 63.3 Å². The average Bonchev–Trinajstić information content (AvgIpc) is 3.28. The number of cyclic esters (lactones) is 1. The highest BCUT2D eigenvalue weighted by molar-refractivity contribution is 5.89. The van der Waals surface area contributed by atoms with E-state index < -0.39 is 78.1 Å². The van der Waals surface area contributed by atoms with Crippen LogP contribution in [0.4, 0.5) is 0 Å². The fraction of sp³-hybridized carbons (Fsp3) is 0.765. The van der Waals surface area contributed by atoms with Crippen LogP contribution in [-0.2, 0) is 42.9 Å². The van der Waals surface area contributed by atoms with Crippen LogP contribution in [0.2, 0.25) is 0 Å². The minimum Gasteiger partial charge on any atom is -0.460 e. The Balaban J connectivity index is 1.70. The van der Waals surface area contributed by atoms with Crippen LogP contribution in [0.5, 0.6) is 0 Å². The summed E-state index contributed by atoms with van der Waals surface area (Å²) in [6, 6.07) is -1.08. The SMILES string of the molecule is CO[C@H]1C[C@@H]2CC[C@@H](C)[C@@](O)(O2)C(O)C(=O)N2CCCC[C@H]2C(=O)O[C@H]([C@H](C)C[C@@H]2CC[C@@H](O)[C@H](OC)C2)CC(=O)[C@H](C)/C=C(\C)[C@@H](O)[C@@H](OC)C(=O)[C@H](C)C[C@H](C)/C=C/C=CC=C1C. The summed E-state index contributed by atoms with van der Waals surface area (Å²) in [6.45, 7) is 12.9. The molecule has 368 valence electrons. The van der Waals surface area contributed by atoms with E-state index in [4.69, 9.17) is 23.7 Å². The van der Waals surface area contributed by atoms with Crippen molar-refractivity contribution in [2.45, 2.75) is 186 Å². The summed E-state index contributed by atoms with van der Waals surface area (Å²) >= 11 is 0. The lowest BCUT2D eigenvalue weighted by Gasteiger charge is -2.46. The Kier molecular flexibility index (Phi) is 21.3. The zero-order chi connectivity index (χ0) is 48.2. The first-order valence-corrected chi connectivity index (χ1v) is 24.1. The molecule has 14 nitrogen and oxygen atoms in total. The normalized spacial score (nSPS) is 40.2. The first-order chi connectivity index (χ1) is 30.7. The van der Waals surface area contributed by atoms with E-state index >= 15 is 0 Å². The third-order valence-corrected chi connectivity index (χ3v) is 14.7. The van der Waals surface area contributed by atoms with Crippen LogP contribution in [-0.4, -0.2) is 137 Å². The average molecular weight is 916 g/mol. The van der Waals surface area contributed by atoms with Gasteiger partial charge in [-0.1, -0.05) is 71.1 Å². The predicted molar refractivity (Wildman–Crippen MR) is 246 cm³/mol. The van der Waals surface area contributed by atoms with Crippen LogP contribution < -0.4 is 0 Å².